The van der Waals surface area contributed by atoms with Crippen molar-refractivity contribution >= 4 is 22.1 Å². The zero-order valence-electron chi connectivity index (χ0n) is 9.89. The molecule has 0 bridgehead atoms. The van der Waals surface area contributed by atoms with Gasteiger partial charge in [0.15, 0.2) is 0 Å². The van der Waals surface area contributed by atoms with Gasteiger partial charge in [0.05, 0.1) is 11.6 Å². The number of ether oxygens (including phenoxy) is 1. The molecular weight excluding hydrogens is 280 g/mol. The van der Waals surface area contributed by atoms with Crippen molar-refractivity contribution in [2.75, 3.05) is 0 Å². The van der Waals surface area contributed by atoms with Gasteiger partial charge in [-0.05, 0) is 23.1 Å². The molecule has 3 aromatic rings. The van der Waals surface area contributed by atoms with E-state index in [2.05, 4.69) is 4.98 Å². The number of hydrogen-bond acceptors (Lipinski definition) is 6. The van der Waals surface area contributed by atoms with Crippen LogP contribution >= 0.6 is 11.3 Å². The summed E-state index contributed by atoms with van der Waals surface area (Å²) >= 11 is 1.27. The largest absolute Gasteiger partial charge is 0.432 e. The van der Waals surface area contributed by atoms with Crippen molar-refractivity contribution in [1.29, 1.82) is 5.26 Å². The molecule has 2 aromatic heterocycles. The molecule has 0 fully saturated rings. The number of rotatable bonds is 3. The molecule has 0 atom stereocenters. The Balaban J connectivity index is 2.06. The highest BCUT2D eigenvalue weighted by Crippen LogP contribution is 2.33. The average Bonchev–Trinajstić information content (AvgIpc) is 2.98. The van der Waals surface area contributed by atoms with E-state index in [-0.39, 0.29) is 11.7 Å². The van der Waals surface area contributed by atoms with Crippen molar-refractivity contribution in [3.8, 4) is 17.7 Å². The van der Waals surface area contributed by atoms with E-state index in [4.69, 9.17) is 10.00 Å². The fraction of sp³-hybridized carbons (Fsp3) is 0. The number of aromatic nitrogens is 2. The SMILES string of the molecule is N#Cc1cccc(Oc2nc3sccn3c2[N+](=O)[O-])c1. The zero-order chi connectivity index (χ0) is 14.1. The number of hydrogen-bond donors (Lipinski definition) is 0. The van der Waals surface area contributed by atoms with Crippen LogP contribution in [0.2, 0.25) is 0 Å². The number of benzene rings is 1. The van der Waals surface area contributed by atoms with Crippen LogP contribution in [0, 0.1) is 21.4 Å². The summed E-state index contributed by atoms with van der Waals surface area (Å²) in [6.07, 6.45) is 1.56. The minimum absolute atomic E-state index is 0.0862. The highest BCUT2D eigenvalue weighted by Gasteiger charge is 2.25. The van der Waals surface area contributed by atoms with Gasteiger partial charge in [-0.1, -0.05) is 17.4 Å². The van der Waals surface area contributed by atoms with E-state index >= 15 is 0 Å². The molecule has 0 saturated carbocycles. The highest BCUT2D eigenvalue weighted by molar-refractivity contribution is 7.15. The summed E-state index contributed by atoms with van der Waals surface area (Å²) in [5.74, 6) is 0.0125. The van der Waals surface area contributed by atoms with Crippen molar-refractivity contribution in [2.45, 2.75) is 0 Å². The van der Waals surface area contributed by atoms with Gasteiger partial charge >= 0.3 is 11.7 Å². The van der Waals surface area contributed by atoms with Gasteiger partial charge in [-0.2, -0.15) is 14.6 Å². The lowest BCUT2D eigenvalue weighted by atomic mass is 10.2. The fourth-order valence-electron chi connectivity index (χ4n) is 1.73. The van der Waals surface area contributed by atoms with Gasteiger partial charge in [-0.15, -0.1) is 0 Å². The van der Waals surface area contributed by atoms with Gasteiger partial charge in [0.2, 0.25) is 0 Å². The predicted octanol–water partition coefficient (Wildman–Crippen LogP) is 2.97. The van der Waals surface area contributed by atoms with E-state index in [1.54, 1.807) is 29.8 Å². The van der Waals surface area contributed by atoms with Gasteiger partial charge in [0.1, 0.15) is 11.9 Å². The number of nitro groups is 1. The van der Waals surface area contributed by atoms with Crippen LogP contribution in [-0.4, -0.2) is 14.3 Å². The lowest BCUT2D eigenvalue weighted by Crippen LogP contribution is -1.95. The molecule has 0 aliphatic heterocycles. The fourth-order valence-corrected chi connectivity index (χ4v) is 2.43. The molecule has 0 radical (unpaired) electrons. The first-order valence-corrected chi connectivity index (χ1v) is 6.35. The number of thiazole rings is 1. The van der Waals surface area contributed by atoms with E-state index in [9.17, 15) is 10.1 Å². The Bertz CT molecular complexity index is 846. The van der Waals surface area contributed by atoms with Crippen LogP contribution in [0.1, 0.15) is 5.56 Å². The summed E-state index contributed by atoms with van der Waals surface area (Å²) in [5.41, 5.74) is 0.408. The van der Waals surface area contributed by atoms with Crippen LogP contribution in [-0.2, 0) is 0 Å². The highest BCUT2D eigenvalue weighted by atomic mass is 32.1. The molecule has 3 rings (SSSR count). The Morgan fingerprint density at radius 3 is 3.10 bits per heavy atom. The molecule has 2 heterocycles. The molecule has 7 nitrogen and oxygen atoms in total. The molecule has 98 valence electrons. The number of fused-ring (bicyclic) bond motifs is 1. The quantitative estimate of drug-likeness (QED) is 0.545. The normalized spacial score (nSPS) is 10.3. The maximum absolute atomic E-state index is 11.1. The predicted molar refractivity (Wildman–Crippen MR) is 71.0 cm³/mol. The Kier molecular flexibility index (Phi) is 2.81. The summed E-state index contributed by atoms with van der Waals surface area (Å²) in [6, 6.07) is 8.34. The minimum atomic E-state index is -0.545. The molecule has 0 saturated heterocycles. The van der Waals surface area contributed by atoms with Crippen LogP contribution in [0.4, 0.5) is 5.82 Å². The Hall–Kier alpha value is -2.92. The Morgan fingerprint density at radius 2 is 2.35 bits per heavy atom. The first-order chi connectivity index (χ1) is 9.69. The minimum Gasteiger partial charge on any atom is -0.432 e. The van der Waals surface area contributed by atoms with Gasteiger partial charge < -0.3 is 14.9 Å². The van der Waals surface area contributed by atoms with Crippen molar-refractivity contribution in [3.05, 3.63) is 51.5 Å². The number of nitrogens with zero attached hydrogens (tertiary/aromatic N) is 4. The molecule has 0 aliphatic carbocycles. The first kappa shape index (κ1) is 12.1. The summed E-state index contributed by atoms with van der Waals surface area (Å²) in [7, 11) is 0. The zero-order valence-corrected chi connectivity index (χ0v) is 10.7. The topological polar surface area (TPSA) is 93.5 Å². The van der Waals surface area contributed by atoms with Crippen molar-refractivity contribution < 1.29 is 9.66 Å². The molecule has 20 heavy (non-hydrogen) atoms. The van der Waals surface area contributed by atoms with Crippen molar-refractivity contribution in [3.63, 3.8) is 0 Å². The molecule has 8 heteroatoms. The number of nitriles is 1. The first-order valence-electron chi connectivity index (χ1n) is 5.47. The molecule has 0 N–H and O–H groups in total. The van der Waals surface area contributed by atoms with E-state index in [1.807, 2.05) is 6.07 Å². The third kappa shape index (κ3) is 1.96. The van der Waals surface area contributed by atoms with Gasteiger partial charge in [0, 0.05) is 5.38 Å². The van der Waals surface area contributed by atoms with E-state index in [0.717, 1.165) is 0 Å². The van der Waals surface area contributed by atoms with Gasteiger partial charge in [-0.3, -0.25) is 0 Å². The third-order valence-electron chi connectivity index (χ3n) is 2.56. The maximum atomic E-state index is 11.1. The Morgan fingerprint density at radius 1 is 1.50 bits per heavy atom. The van der Waals surface area contributed by atoms with Crippen molar-refractivity contribution in [1.82, 2.24) is 9.38 Å². The lowest BCUT2D eigenvalue weighted by Gasteiger charge is -2.02. The smallest absolute Gasteiger partial charge is 0.393 e. The van der Waals surface area contributed by atoms with Crippen LogP contribution < -0.4 is 4.74 Å². The summed E-state index contributed by atoms with van der Waals surface area (Å²) in [4.78, 5) is 15.1. The van der Waals surface area contributed by atoms with Crippen LogP contribution in [0.5, 0.6) is 11.6 Å². The summed E-state index contributed by atoms with van der Waals surface area (Å²) in [6.45, 7) is 0. The third-order valence-corrected chi connectivity index (χ3v) is 3.31. The standard InChI is InChI=1S/C12H6N4O3S/c13-7-8-2-1-3-9(6-8)19-10-11(16(17)18)15-4-5-20-12(15)14-10/h1-6H. The second-order valence-corrected chi connectivity index (χ2v) is 4.67. The molecular formula is C12H6N4O3S. The average molecular weight is 286 g/mol. The van der Waals surface area contributed by atoms with Crippen LogP contribution in [0.3, 0.4) is 0 Å². The second-order valence-electron chi connectivity index (χ2n) is 3.79. The molecule has 1 aromatic carbocycles. The lowest BCUT2D eigenvalue weighted by molar-refractivity contribution is -0.391. The number of imidazole rings is 1. The van der Waals surface area contributed by atoms with Gasteiger partial charge in [0.25, 0.3) is 4.96 Å². The van der Waals surface area contributed by atoms with E-state index in [1.165, 1.54) is 21.8 Å². The summed E-state index contributed by atoms with van der Waals surface area (Å²) in [5, 5.41) is 21.6. The van der Waals surface area contributed by atoms with Crippen LogP contribution in [0.15, 0.2) is 35.8 Å². The molecule has 0 amide bonds. The van der Waals surface area contributed by atoms with E-state index < -0.39 is 4.92 Å². The molecule has 0 spiro atoms. The maximum Gasteiger partial charge on any atom is 0.393 e. The summed E-state index contributed by atoms with van der Waals surface area (Å²) < 4.78 is 6.79. The second kappa shape index (κ2) is 4.64. The van der Waals surface area contributed by atoms with Crippen LogP contribution in [0.25, 0.3) is 4.96 Å². The monoisotopic (exact) mass is 286 g/mol. The Labute approximate surface area is 116 Å². The van der Waals surface area contributed by atoms with Gasteiger partial charge in [-0.25, -0.2) is 0 Å². The molecule has 0 aliphatic rings. The van der Waals surface area contributed by atoms with E-state index in [0.29, 0.717) is 16.3 Å². The molecule has 0 unspecified atom stereocenters. The van der Waals surface area contributed by atoms with Crippen molar-refractivity contribution in [2.24, 2.45) is 0 Å².